The van der Waals surface area contributed by atoms with E-state index in [9.17, 15) is 9.59 Å². The quantitative estimate of drug-likeness (QED) is 0.101. The molecule has 0 amide bonds. The molecule has 0 aromatic rings. The number of ether oxygens (including phenoxy) is 6. The number of hydrogen-bond donors (Lipinski definition) is 0. The van der Waals surface area contributed by atoms with Gasteiger partial charge in [0, 0.05) is 45.0 Å². The summed E-state index contributed by atoms with van der Waals surface area (Å²) in [6.07, 6.45) is 17.7. The van der Waals surface area contributed by atoms with Gasteiger partial charge in [0.25, 0.3) is 0 Å². The second-order valence-corrected chi connectivity index (χ2v) is 12.2. The van der Waals surface area contributed by atoms with E-state index in [1.54, 1.807) is 7.11 Å². The van der Waals surface area contributed by atoms with E-state index >= 15 is 0 Å². The molecule has 0 bridgehead atoms. The number of ketones is 1. The molecule has 2 unspecified atom stereocenters. The standard InChI is InChI=1S/C33H56O8/c1-5-6-21-33(2,37-4)29(41-32-18-12-14-23-39-32)20-19-26-25(15-9-7-8-10-16-30(35)36-3)27(34)24-28(26)40-31-17-11-13-22-38-31/h19-20,25-26,28-29,31-32H,5-18,21-24H2,1-4H3/t25-,26-,28-,29-,31?,32?,33-/m1/s1. The molecule has 8 heteroatoms. The van der Waals surface area contributed by atoms with E-state index in [2.05, 4.69) is 26.0 Å². The van der Waals surface area contributed by atoms with Crippen LogP contribution in [0.5, 0.6) is 0 Å². The van der Waals surface area contributed by atoms with Gasteiger partial charge in [-0.2, -0.15) is 0 Å². The van der Waals surface area contributed by atoms with Crippen LogP contribution in [-0.4, -0.2) is 69.6 Å². The highest BCUT2D eigenvalue weighted by molar-refractivity contribution is 5.84. The van der Waals surface area contributed by atoms with Crippen LogP contribution >= 0.6 is 0 Å². The molecule has 0 N–H and O–H groups in total. The van der Waals surface area contributed by atoms with Crippen molar-refractivity contribution >= 4 is 11.8 Å². The molecule has 0 aromatic heterocycles. The Morgan fingerprint density at radius 2 is 1.71 bits per heavy atom. The van der Waals surface area contributed by atoms with Gasteiger partial charge >= 0.3 is 5.97 Å². The maximum Gasteiger partial charge on any atom is 0.305 e. The Labute approximate surface area is 248 Å². The highest BCUT2D eigenvalue weighted by atomic mass is 16.7. The van der Waals surface area contributed by atoms with Gasteiger partial charge in [-0.1, -0.05) is 51.2 Å². The molecule has 1 aliphatic carbocycles. The van der Waals surface area contributed by atoms with Crippen LogP contribution in [0, 0.1) is 11.8 Å². The second-order valence-electron chi connectivity index (χ2n) is 12.2. The lowest BCUT2D eigenvalue weighted by atomic mass is 9.86. The van der Waals surface area contributed by atoms with Crippen LogP contribution in [0.25, 0.3) is 0 Å². The molecular weight excluding hydrogens is 524 g/mol. The Hall–Kier alpha value is -1.32. The van der Waals surface area contributed by atoms with Crippen LogP contribution in [0.15, 0.2) is 12.2 Å². The minimum absolute atomic E-state index is 0.0475. The van der Waals surface area contributed by atoms with Gasteiger partial charge in [0.1, 0.15) is 11.9 Å². The number of carbonyl (C=O) groups is 2. The molecule has 2 heterocycles. The zero-order valence-electron chi connectivity index (χ0n) is 26.1. The Morgan fingerprint density at radius 3 is 2.34 bits per heavy atom. The number of unbranched alkanes of at least 4 members (excludes halogenated alkanes) is 4. The Kier molecular flexibility index (Phi) is 15.3. The van der Waals surface area contributed by atoms with Gasteiger partial charge in [-0.25, -0.2) is 0 Å². The van der Waals surface area contributed by atoms with Gasteiger partial charge in [-0.15, -0.1) is 0 Å². The van der Waals surface area contributed by atoms with Crippen molar-refractivity contribution in [2.75, 3.05) is 27.4 Å². The van der Waals surface area contributed by atoms with Crippen molar-refractivity contribution in [1.82, 2.24) is 0 Å². The zero-order valence-corrected chi connectivity index (χ0v) is 26.1. The van der Waals surface area contributed by atoms with E-state index in [1.165, 1.54) is 7.11 Å². The predicted molar refractivity (Wildman–Crippen MR) is 157 cm³/mol. The first-order valence-corrected chi connectivity index (χ1v) is 16.3. The van der Waals surface area contributed by atoms with E-state index in [0.717, 1.165) is 96.5 Å². The van der Waals surface area contributed by atoms with Crippen molar-refractivity contribution < 1.29 is 38.0 Å². The van der Waals surface area contributed by atoms with Crippen LogP contribution in [-0.2, 0) is 38.0 Å². The summed E-state index contributed by atoms with van der Waals surface area (Å²) >= 11 is 0. The van der Waals surface area contributed by atoms with Gasteiger partial charge in [0.15, 0.2) is 12.6 Å². The molecule has 2 saturated heterocycles. The number of methoxy groups -OCH3 is 2. The molecule has 41 heavy (non-hydrogen) atoms. The summed E-state index contributed by atoms with van der Waals surface area (Å²) in [6, 6.07) is 0. The maximum absolute atomic E-state index is 13.3. The van der Waals surface area contributed by atoms with Crippen LogP contribution in [0.1, 0.15) is 117 Å². The summed E-state index contributed by atoms with van der Waals surface area (Å²) in [5.74, 6) is -0.0442. The van der Waals surface area contributed by atoms with E-state index in [0.29, 0.717) is 19.4 Å². The minimum atomic E-state index is -0.506. The number of hydrogen-bond acceptors (Lipinski definition) is 8. The largest absolute Gasteiger partial charge is 0.469 e. The molecule has 236 valence electrons. The average molecular weight is 581 g/mol. The SMILES string of the molecule is CCCC[C@@](C)(OC)[C@@H](C=C[C@H]1[C@H](OC2CCCCO2)CC(=O)[C@@H]1CCCCCCC(=O)OC)OC1CCCCO1. The maximum atomic E-state index is 13.3. The number of carbonyl (C=O) groups excluding carboxylic acids is 2. The van der Waals surface area contributed by atoms with Gasteiger partial charge in [0.05, 0.1) is 18.8 Å². The van der Waals surface area contributed by atoms with Gasteiger partial charge < -0.3 is 28.4 Å². The van der Waals surface area contributed by atoms with Gasteiger partial charge in [-0.05, 0) is 64.7 Å². The van der Waals surface area contributed by atoms with E-state index in [4.69, 9.17) is 28.4 Å². The summed E-state index contributed by atoms with van der Waals surface area (Å²) in [5, 5.41) is 0. The molecule has 3 aliphatic rings. The third-order valence-electron chi connectivity index (χ3n) is 9.09. The summed E-state index contributed by atoms with van der Waals surface area (Å²) in [7, 11) is 3.19. The number of Topliss-reactive ketones (excluding diaryl/α,β-unsaturated/α-hetero) is 1. The smallest absolute Gasteiger partial charge is 0.305 e. The van der Waals surface area contributed by atoms with Gasteiger partial charge in [0.2, 0.25) is 0 Å². The Morgan fingerprint density at radius 1 is 1.00 bits per heavy atom. The van der Waals surface area contributed by atoms with E-state index in [-0.39, 0.29) is 48.4 Å². The molecular formula is C33H56O8. The van der Waals surface area contributed by atoms with Crippen LogP contribution in [0.4, 0.5) is 0 Å². The fourth-order valence-corrected chi connectivity index (χ4v) is 6.30. The van der Waals surface area contributed by atoms with Crippen molar-refractivity contribution in [3.8, 4) is 0 Å². The molecule has 0 aromatic carbocycles. The van der Waals surface area contributed by atoms with E-state index in [1.807, 2.05) is 0 Å². The summed E-state index contributed by atoms with van der Waals surface area (Å²) in [6.45, 7) is 5.74. The fourth-order valence-electron chi connectivity index (χ4n) is 6.30. The monoisotopic (exact) mass is 580 g/mol. The van der Waals surface area contributed by atoms with Crippen LogP contribution in [0.2, 0.25) is 0 Å². The first-order chi connectivity index (χ1) is 19.9. The molecule has 7 atom stereocenters. The first kappa shape index (κ1) is 34.2. The predicted octanol–water partition coefficient (Wildman–Crippen LogP) is 6.68. The van der Waals surface area contributed by atoms with Crippen molar-refractivity contribution in [3.05, 3.63) is 12.2 Å². The summed E-state index contributed by atoms with van der Waals surface area (Å²) in [4.78, 5) is 24.8. The lowest BCUT2D eigenvalue weighted by Gasteiger charge is -2.38. The highest BCUT2D eigenvalue weighted by Crippen LogP contribution is 2.39. The number of esters is 1. The topological polar surface area (TPSA) is 89.5 Å². The molecule has 1 saturated carbocycles. The average Bonchev–Trinajstić information content (AvgIpc) is 3.29. The third kappa shape index (κ3) is 11.0. The first-order valence-electron chi connectivity index (χ1n) is 16.3. The normalized spacial score (nSPS) is 29.5. The zero-order chi connectivity index (χ0) is 29.5. The summed E-state index contributed by atoms with van der Waals surface area (Å²) < 4.78 is 35.7. The molecule has 8 nitrogen and oxygen atoms in total. The second kappa shape index (κ2) is 18.4. The van der Waals surface area contributed by atoms with Crippen molar-refractivity contribution in [1.29, 1.82) is 0 Å². The van der Waals surface area contributed by atoms with E-state index < -0.39 is 5.60 Å². The molecule has 3 fully saturated rings. The molecule has 2 aliphatic heterocycles. The molecule has 0 spiro atoms. The molecule has 3 rings (SSSR count). The minimum Gasteiger partial charge on any atom is -0.469 e. The lowest BCUT2D eigenvalue weighted by Crippen LogP contribution is -2.45. The van der Waals surface area contributed by atoms with Crippen LogP contribution in [0.3, 0.4) is 0 Å². The fraction of sp³-hybridized carbons (Fsp3) is 0.879. The Bertz CT molecular complexity index is 788. The van der Waals surface area contributed by atoms with Crippen LogP contribution < -0.4 is 0 Å². The molecule has 0 radical (unpaired) electrons. The Balaban J connectivity index is 1.74. The lowest BCUT2D eigenvalue weighted by molar-refractivity contribution is -0.218. The highest BCUT2D eigenvalue weighted by Gasteiger charge is 2.43. The van der Waals surface area contributed by atoms with Gasteiger partial charge in [-0.3, -0.25) is 9.59 Å². The summed E-state index contributed by atoms with van der Waals surface area (Å²) in [5.41, 5.74) is -0.506. The third-order valence-corrected chi connectivity index (χ3v) is 9.09. The van der Waals surface area contributed by atoms with Crippen molar-refractivity contribution in [3.63, 3.8) is 0 Å². The number of rotatable bonds is 18. The van der Waals surface area contributed by atoms with Crippen molar-refractivity contribution in [2.45, 2.75) is 147 Å². The van der Waals surface area contributed by atoms with Crippen molar-refractivity contribution in [2.24, 2.45) is 11.8 Å².